The number of nitrogens with one attached hydrogen (secondary N) is 1. The first-order valence-electron chi connectivity index (χ1n) is 11.7. The van der Waals surface area contributed by atoms with Gasteiger partial charge in [-0.1, -0.05) is 0 Å². The Balaban J connectivity index is 1.40. The zero-order chi connectivity index (χ0) is 25.0. The van der Waals surface area contributed by atoms with Gasteiger partial charge in [-0.25, -0.2) is 8.78 Å². The van der Waals surface area contributed by atoms with Crippen molar-refractivity contribution in [3.63, 3.8) is 0 Å². The van der Waals surface area contributed by atoms with Gasteiger partial charge in [-0.2, -0.15) is 0 Å². The van der Waals surface area contributed by atoms with Crippen molar-refractivity contribution in [2.45, 2.75) is 63.1 Å². The lowest BCUT2D eigenvalue weighted by Gasteiger charge is -2.53. The molecule has 7 nitrogen and oxygen atoms in total. The molecule has 9 heteroatoms. The molecule has 2 unspecified atom stereocenters. The highest BCUT2D eigenvalue weighted by atomic mass is 19.2. The van der Waals surface area contributed by atoms with Crippen LogP contribution in [0.1, 0.15) is 46.0 Å². The second-order valence-electron chi connectivity index (χ2n) is 10.3. The fourth-order valence-corrected chi connectivity index (χ4v) is 5.66. The van der Waals surface area contributed by atoms with Crippen molar-refractivity contribution in [2.24, 2.45) is 7.05 Å². The number of hydrogen-bond acceptors (Lipinski definition) is 6. The van der Waals surface area contributed by atoms with Gasteiger partial charge in [0.15, 0.2) is 11.6 Å². The van der Waals surface area contributed by atoms with Gasteiger partial charge in [-0.3, -0.25) is 4.79 Å². The van der Waals surface area contributed by atoms with E-state index >= 15 is 4.39 Å². The summed E-state index contributed by atoms with van der Waals surface area (Å²) in [6.45, 7) is 4.43. The smallest absolute Gasteiger partial charge is 0.250 e. The number of fused-ring (bicyclic) bond motifs is 2. The van der Waals surface area contributed by atoms with Gasteiger partial charge in [0.05, 0.1) is 5.56 Å². The second-order valence-corrected chi connectivity index (χ2v) is 10.3. The number of halogens is 2. The summed E-state index contributed by atoms with van der Waals surface area (Å²) >= 11 is 0. The molecule has 3 aromatic rings. The van der Waals surface area contributed by atoms with E-state index in [4.69, 9.17) is 4.74 Å². The van der Waals surface area contributed by atoms with E-state index in [1.807, 2.05) is 0 Å². The molecule has 1 aromatic carbocycles. The first-order chi connectivity index (χ1) is 16.6. The molecule has 184 valence electrons. The van der Waals surface area contributed by atoms with E-state index in [2.05, 4.69) is 29.4 Å². The van der Waals surface area contributed by atoms with Crippen molar-refractivity contribution < 1.29 is 18.6 Å². The summed E-state index contributed by atoms with van der Waals surface area (Å²) in [6.07, 6.45) is 6.46. The lowest BCUT2D eigenvalue weighted by Crippen LogP contribution is -2.65. The summed E-state index contributed by atoms with van der Waals surface area (Å²) in [5.74, 6) is -2.66. The quantitative estimate of drug-likeness (QED) is 0.576. The van der Waals surface area contributed by atoms with Crippen LogP contribution in [0.2, 0.25) is 0 Å². The third-order valence-corrected chi connectivity index (χ3v) is 7.20. The molecule has 2 aliphatic rings. The predicted octanol–water partition coefficient (Wildman–Crippen LogP) is 4.33. The molecule has 2 aliphatic heterocycles. The highest BCUT2D eigenvalue weighted by Gasteiger charge is 2.46. The van der Waals surface area contributed by atoms with E-state index in [-0.39, 0.29) is 39.6 Å². The maximum absolute atomic E-state index is 15.0. The van der Waals surface area contributed by atoms with Gasteiger partial charge in [0.1, 0.15) is 17.5 Å². The van der Waals surface area contributed by atoms with Gasteiger partial charge >= 0.3 is 0 Å². The van der Waals surface area contributed by atoms with Crippen LogP contribution in [0.25, 0.3) is 22.4 Å². The molecule has 4 heterocycles. The summed E-state index contributed by atoms with van der Waals surface area (Å²) in [5, 5.41) is 22.3. The van der Waals surface area contributed by atoms with Crippen LogP contribution in [0, 0.1) is 11.6 Å². The molecule has 35 heavy (non-hydrogen) atoms. The summed E-state index contributed by atoms with van der Waals surface area (Å²) in [4.78, 5) is 11.9. The summed E-state index contributed by atoms with van der Waals surface area (Å²) in [5.41, 5.74) is -0.828. The van der Waals surface area contributed by atoms with Crippen molar-refractivity contribution in [1.29, 1.82) is 0 Å². The average molecular weight is 483 g/mol. The molecule has 0 amide bonds. The summed E-state index contributed by atoms with van der Waals surface area (Å²) in [6, 6.07) is 6.74. The average Bonchev–Trinajstić information content (AvgIpc) is 2.78. The van der Waals surface area contributed by atoms with E-state index in [9.17, 15) is 14.3 Å². The maximum atomic E-state index is 15.0. The Bertz CT molecular complexity index is 1330. The van der Waals surface area contributed by atoms with Gasteiger partial charge in [-0.05, 0) is 56.9 Å². The van der Waals surface area contributed by atoms with Crippen LogP contribution in [-0.2, 0) is 7.05 Å². The molecule has 2 fully saturated rings. The van der Waals surface area contributed by atoms with Crippen LogP contribution in [-0.4, -0.2) is 37.1 Å². The Morgan fingerprint density at radius 1 is 1.09 bits per heavy atom. The topological polar surface area (TPSA) is 89.3 Å². The van der Waals surface area contributed by atoms with Crippen LogP contribution >= 0.6 is 0 Å². The van der Waals surface area contributed by atoms with Gasteiger partial charge in [0.25, 0.3) is 5.56 Å². The second kappa shape index (κ2) is 8.41. The molecule has 5 rings (SSSR count). The highest BCUT2D eigenvalue weighted by molar-refractivity contribution is 5.75. The Kier molecular flexibility index (Phi) is 5.62. The normalized spacial score (nSPS) is 25.9. The number of benzene rings is 1. The minimum atomic E-state index is -1.27. The third kappa shape index (κ3) is 4.40. The summed E-state index contributed by atoms with van der Waals surface area (Å²) < 4.78 is 37.4. The SMILES string of the molecule is Cn1ccc(-c2cc(O)c(-c3ccc(OC4CC5(C)CCCC(C)(C4)N5)nn3)c(F)c2F)cc1=O. The standard InChI is InChI=1S/C26H28F2N4O3/c1-25-8-4-9-26(2,31-25)14-16(13-25)35-20-6-5-18(29-30-20)22-19(33)12-17(23(27)24(22)28)15-7-10-32(3)21(34)11-15/h5-7,10-12,16,31,33H,4,8-9,13-14H2,1-3H3. The number of phenolic OH excluding ortho intramolecular Hbond substituents is 1. The highest BCUT2D eigenvalue weighted by Crippen LogP contribution is 2.41. The number of nitrogens with zero attached hydrogens (tertiary/aromatic N) is 3. The van der Waals surface area contributed by atoms with E-state index < -0.39 is 22.9 Å². The largest absolute Gasteiger partial charge is 0.507 e. The molecule has 2 aromatic heterocycles. The van der Waals surface area contributed by atoms with E-state index in [1.54, 1.807) is 13.1 Å². The van der Waals surface area contributed by atoms with Crippen molar-refractivity contribution >= 4 is 0 Å². The number of phenols is 1. The van der Waals surface area contributed by atoms with Crippen molar-refractivity contribution in [3.05, 3.63) is 58.5 Å². The van der Waals surface area contributed by atoms with Crippen LogP contribution in [0.15, 0.2) is 41.3 Å². The number of hydrogen-bond donors (Lipinski definition) is 2. The fourth-order valence-electron chi connectivity index (χ4n) is 5.66. The maximum Gasteiger partial charge on any atom is 0.250 e. The fraction of sp³-hybridized carbons (Fsp3) is 0.423. The Morgan fingerprint density at radius 2 is 1.80 bits per heavy atom. The Labute approximate surface area is 201 Å². The van der Waals surface area contributed by atoms with Gasteiger partial charge in [0, 0.05) is 54.9 Å². The number of ether oxygens (including phenoxy) is 1. The zero-order valence-corrected chi connectivity index (χ0v) is 19.9. The number of aromatic nitrogens is 3. The molecule has 2 N–H and O–H groups in total. The van der Waals surface area contributed by atoms with Gasteiger partial charge in [-0.15, -0.1) is 10.2 Å². The predicted molar refractivity (Wildman–Crippen MR) is 127 cm³/mol. The Morgan fingerprint density at radius 3 is 2.43 bits per heavy atom. The lowest BCUT2D eigenvalue weighted by atomic mass is 9.70. The number of pyridine rings is 1. The number of aryl methyl sites for hydroxylation is 1. The molecule has 2 atom stereocenters. The first-order valence-corrected chi connectivity index (χ1v) is 11.7. The van der Waals surface area contributed by atoms with Crippen molar-refractivity contribution in [1.82, 2.24) is 20.1 Å². The minimum Gasteiger partial charge on any atom is -0.507 e. The zero-order valence-electron chi connectivity index (χ0n) is 19.9. The number of rotatable bonds is 4. The van der Waals surface area contributed by atoms with E-state index in [0.29, 0.717) is 5.88 Å². The molecular weight excluding hydrogens is 454 g/mol. The Hall–Kier alpha value is -3.33. The lowest BCUT2D eigenvalue weighted by molar-refractivity contribution is 0.00726. The number of piperidine rings is 2. The summed E-state index contributed by atoms with van der Waals surface area (Å²) in [7, 11) is 1.55. The molecule has 0 radical (unpaired) electrons. The molecule has 2 saturated heterocycles. The minimum absolute atomic E-state index is 0.0144. The third-order valence-electron chi connectivity index (χ3n) is 7.20. The molecular formula is C26H28F2N4O3. The van der Waals surface area contributed by atoms with Crippen molar-refractivity contribution in [3.8, 4) is 34.0 Å². The van der Waals surface area contributed by atoms with Crippen LogP contribution in [0.3, 0.4) is 0 Å². The van der Waals surface area contributed by atoms with Crippen LogP contribution < -0.4 is 15.6 Å². The molecule has 2 bridgehead atoms. The number of aromatic hydroxyl groups is 1. The van der Waals surface area contributed by atoms with Crippen LogP contribution in [0.4, 0.5) is 8.78 Å². The van der Waals surface area contributed by atoms with Crippen molar-refractivity contribution in [2.75, 3.05) is 0 Å². The first kappa shape index (κ1) is 23.4. The van der Waals surface area contributed by atoms with E-state index in [0.717, 1.165) is 31.7 Å². The van der Waals surface area contributed by atoms with Gasteiger partial charge in [0.2, 0.25) is 5.88 Å². The van der Waals surface area contributed by atoms with Gasteiger partial charge < -0.3 is 19.7 Å². The van der Waals surface area contributed by atoms with Crippen LogP contribution in [0.5, 0.6) is 11.6 Å². The molecule has 0 spiro atoms. The molecule has 0 saturated carbocycles. The monoisotopic (exact) mass is 482 g/mol. The molecule has 0 aliphatic carbocycles. The van der Waals surface area contributed by atoms with E-state index in [1.165, 1.54) is 35.4 Å².